The second-order valence-corrected chi connectivity index (χ2v) is 8.41. The largest absolute Gasteiger partial charge is 0.208 e. The SMILES string of the molecule is Cc1ccc(C(CCCCCC2CCCCC2)c2ccc[n+](C)c2)cc1. The molecule has 1 heterocycles. The maximum Gasteiger partial charge on any atom is 0.172 e. The van der Waals surface area contributed by atoms with Gasteiger partial charge in [0.15, 0.2) is 12.4 Å². The minimum absolute atomic E-state index is 0.526. The minimum atomic E-state index is 0.526. The normalized spacial score (nSPS) is 16.5. The van der Waals surface area contributed by atoms with Crippen molar-refractivity contribution in [1.82, 2.24) is 0 Å². The Morgan fingerprint density at radius 2 is 1.69 bits per heavy atom. The van der Waals surface area contributed by atoms with Crippen molar-refractivity contribution >= 4 is 0 Å². The van der Waals surface area contributed by atoms with Gasteiger partial charge in [0, 0.05) is 17.5 Å². The molecule has 1 unspecified atom stereocenters. The van der Waals surface area contributed by atoms with E-state index in [-0.39, 0.29) is 0 Å². The van der Waals surface area contributed by atoms with E-state index < -0.39 is 0 Å². The lowest BCUT2D eigenvalue weighted by Crippen LogP contribution is -2.27. The number of aryl methyl sites for hydroxylation is 2. The molecule has 3 rings (SSSR count). The average Bonchev–Trinajstić information content (AvgIpc) is 2.66. The highest BCUT2D eigenvalue weighted by Crippen LogP contribution is 2.31. The number of unbranched alkanes of at least 4 members (excludes halogenated alkanes) is 2. The molecule has 1 atom stereocenters. The smallest absolute Gasteiger partial charge is 0.172 e. The van der Waals surface area contributed by atoms with E-state index in [4.69, 9.17) is 0 Å². The summed E-state index contributed by atoms with van der Waals surface area (Å²) in [6.07, 6.45) is 18.7. The molecule has 2 aromatic rings. The highest BCUT2D eigenvalue weighted by atomic mass is 14.9. The van der Waals surface area contributed by atoms with Crippen molar-refractivity contribution < 1.29 is 4.57 Å². The summed E-state index contributed by atoms with van der Waals surface area (Å²) in [5, 5.41) is 0. The highest BCUT2D eigenvalue weighted by Gasteiger charge is 2.17. The van der Waals surface area contributed by atoms with Gasteiger partial charge in [-0.25, -0.2) is 4.57 Å². The number of hydrogen-bond donors (Lipinski definition) is 0. The number of benzene rings is 1. The van der Waals surface area contributed by atoms with Crippen LogP contribution in [0.1, 0.15) is 86.8 Å². The standard InChI is InChI=1S/C25H36N/c1-21-15-17-23(18-16-21)25(24-13-9-19-26(2)20-24)14-8-4-7-12-22-10-5-3-6-11-22/h9,13,15-20,22,25H,3-8,10-12,14H2,1-2H3/q+1. The Hall–Kier alpha value is -1.63. The lowest BCUT2D eigenvalue weighted by atomic mass is 9.84. The van der Waals surface area contributed by atoms with Crippen molar-refractivity contribution in [3.8, 4) is 0 Å². The summed E-state index contributed by atoms with van der Waals surface area (Å²) in [6, 6.07) is 13.7. The lowest BCUT2D eigenvalue weighted by molar-refractivity contribution is -0.672. The van der Waals surface area contributed by atoms with E-state index in [1.807, 2.05) is 0 Å². The highest BCUT2D eigenvalue weighted by molar-refractivity contribution is 5.32. The molecule has 1 saturated carbocycles. The molecule has 0 aliphatic heterocycles. The summed E-state index contributed by atoms with van der Waals surface area (Å²) in [5.41, 5.74) is 4.26. The summed E-state index contributed by atoms with van der Waals surface area (Å²) in [5.74, 6) is 1.56. The fourth-order valence-corrected chi connectivity index (χ4v) is 4.58. The van der Waals surface area contributed by atoms with Crippen LogP contribution in [0.2, 0.25) is 0 Å². The Kier molecular flexibility index (Phi) is 7.29. The second-order valence-electron chi connectivity index (χ2n) is 8.41. The third-order valence-electron chi connectivity index (χ3n) is 6.17. The summed E-state index contributed by atoms with van der Waals surface area (Å²) in [4.78, 5) is 0. The topological polar surface area (TPSA) is 3.88 Å². The fourth-order valence-electron chi connectivity index (χ4n) is 4.58. The number of nitrogens with zero attached hydrogens (tertiary/aromatic N) is 1. The lowest BCUT2D eigenvalue weighted by Gasteiger charge is -2.21. The van der Waals surface area contributed by atoms with E-state index in [2.05, 4.69) is 67.3 Å². The molecule has 0 amide bonds. The van der Waals surface area contributed by atoms with E-state index >= 15 is 0 Å². The molecule has 1 nitrogen and oxygen atoms in total. The first-order chi connectivity index (χ1) is 12.7. The van der Waals surface area contributed by atoms with Crippen LogP contribution in [0.25, 0.3) is 0 Å². The van der Waals surface area contributed by atoms with Crippen LogP contribution in [0.5, 0.6) is 0 Å². The van der Waals surface area contributed by atoms with Crippen LogP contribution in [0.15, 0.2) is 48.8 Å². The number of rotatable bonds is 8. The van der Waals surface area contributed by atoms with Gasteiger partial charge in [-0.2, -0.15) is 0 Å². The van der Waals surface area contributed by atoms with Gasteiger partial charge >= 0.3 is 0 Å². The maximum atomic E-state index is 2.33. The van der Waals surface area contributed by atoms with Crippen LogP contribution in [0, 0.1) is 12.8 Å². The molecule has 0 N–H and O–H groups in total. The van der Waals surface area contributed by atoms with Gasteiger partial charge in [-0.05, 0) is 30.9 Å². The first kappa shape index (κ1) is 19.1. The molecule has 26 heavy (non-hydrogen) atoms. The van der Waals surface area contributed by atoms with Crippen molar-refractivity contribution in [1.29, 1.82) is 0 Å². The first-order valence-electron chi connectivity index (χ1n) is 10.7. The zero-order valence-corrected chi connectivity index (χ0v) is 16.8. The predicted molar refractivity (Wildman–Crippen MR) is 110 cm³/mol. The van der Waals surface area contributed by atoms with Crippen LogP contribution in [0.4, 0.5) is 0 Å². The molecule has 1 heteroatoms. The summed E-state index contributed by atoms with van der Waals surface area (Å²) < 4.78 is 2.18. The Morgan fingerprint density at radius 1 is 0.923 bits per heavy atom. The Labute approximate surface area is 160 Å². The fraction of sp³-hybridized carbons (Fsp3) is 0.560. The molecule has 0 bridgehead atoms. The molecule has 1 aromatic carbocycles. The van der Waals surface area contributed by atoms with Crippen LogP contribution in [-0.4, -0.2) is 0 Å². The van der Waals surface area contributed by atoms with Gasteiger partial charge in [0.05, 0.1) is 0 Å². The van der Waals surface area contributed by atoms with Crippen LogP contribution in [-0.2, 0) is 7.05 Å². The van der Waals surface area contributed by atoms with Crippen LogP contribution in [0.3, 0.4) is 0 Å². The van der Waals surface area contributed by atoms with E-state index in [9.17, 15) is 0 Å². The van der Waals surface area contributed by atoms with Gasteiger partial charge in [-0.3, -0.25) is 0 Å². The van der Waals surface area contributed by atoms with Crippen LogP contribution < -0.4 is 4.57 Å². The quantitative estimate of drug-likeness (QED) is 0.379. The number of aromatic nitrogens is 1. The Morgan fingerprint density at radius 3 is 2.42 bits per heavy atom. The van der Waals surface area contributed by atoms with Gasteiger partial charge in [-0.1, -0.05) is 87.6 Å². The number of pyridine rings is 1. The third-order valence-corrected chi connectivity index (χ3v) is 6.17. The second kappa shape index (κ2) is 9.90. The zero-order valence-electron chi connectivity index (χ0n) is 16.8. The first-order valence-corrected chi connectivity index (χ1v) is 10.7. The number of hydrogen-bond acceptors (Lipinski definition) is 0. The molecule has 0 spiro atoms. The third kappa shape index (κ3) is 5.69. The summed E-state index contributed by atoms with van der Waals surface area (Å²) in [6.45, 7) is 2.17. The summed E-state index contributed by atoms with van der Waals surface area (Å²) >= 11 is 0. The maximum absolute atomic E-state index is 2.33. The van der Waals surface area contributed by atoms with Gasteiger partial charge in [0.25, 0.3) is 0 Å². The van der Waals surface area contributed by atoms with Crippen molar-refractivity contribution in [2.45, 2.75) is 77.0 Å². The zero-order chi connectivity index (χ0) is 18.2. The molecular weight excluding hydrogens is 314 g/mol. The Bertz CT molecular complexity index is 652. The van der Waals surface area contributed by atoms with Gasteiger partial charge in [0.1, 0.15) is 7.05 Å². The molecule has 1 aliphatic carbocycles. The van der Waals surface area contributed by atoms with E-state index in [0.717, 1.165) is 5.92 Å². The van der Waals surface area contributed by atoms with Gasteiger partial charge < -0.3 is 0 Å². The summed E-state index contributed by atoms with van der Waals surface area (Å²) in [7, 11) is 2.12. The van der Waals surface area contributed by atoms with Gasteiger partial charge in [-0.15, -0.1) is 0 Å². The monoisotopic (exact) mass is 350 g/mol. The predicted octanol–water partition coefficient (Wildman–Crippen LogP) is 6.48. The molecule has 1 aromatic heterocycles. The van der Waals surface area contributed by atoms with E-state index in [0.29, 0.717) is 5.92 Å². The van der Waals surface area contributed by atoms with Gasteiger partial charge in [0.2, 0.25) is 0 Å². The van der Waals surface area contributed by atoms with Crippen molar-refractivity contribution in [2.75, 3.05) is 0 Å². The van der Waals surface area contributed by atoms with Crippen molar-refractivity contribution in [3.05, 3.63) is 65.5 Å². The molecule has 1 fully saturated rings. The molecular formula is C25H36N+. The van der Waals surface area contributed by atoms with Crippen molar-refractivity contribution in [2.24, 2.45) is 13.0 Å². The molecule has 1 aliphatic rings. The van der Waals surface area contributed by atoms with Crippen molar-refractivity contribution in [3.63, 3.8) is 0 Å². The van der Waals surface area contributed by atoms with E-state index in [1.165, 1.54) is 80.9 Å². The molecule has 140 valence electrons. The van der Waals surface area contributed by atoms with Crippen LogP contribution >= 0.6 is 0 Å². The molecule has 0 radical (unpaired) electrons. The Balaban J connectivity index is 1.56. The average molecular weight is 351 g/mol. The minimum Gasteiger partial charge on any atom is -0.208 e. The molecule has 0 saturated heterocycles. The van der Waals surface area contributed by atoms with E-state index in [1.54, 1.807) is 0 Å².